The monoisotopic (exact) mass is 427 g/mol. The van der Waals surface area contributed by atoms with E-state index in [-0.39, 0.29) is 11.7 Å². The van der Waals surface area contributed by atoms with Gasteiger partial charge in [0.2, 0.25) is 0 Å². The van der Waals surface area contributed by atoms with Crippen LogP contribution in [0, 0.1) is 5.82 Å². The molecule has 0 radical (unpaired) electrons. The quantitative estimate of drug-likeness (QED) is 0.767. The van der Waals surface area contributed by atoms with Crippen molar-refractivity contribution >= 4 is 34.3 Å². The van der Waals surface area contributed by atoms with E-state index in [9.17, 15) is 9.18 Å². The van der Waals surface area contributed by atoms with Gasteiger partial charge in [-0.05, 0) is 62.9 Å². The van der Waals surface area contributed by atoms with E-state index in [2.05, 4.69) is 20.2 Å². The number of rotatable bonds is 4. The van der Waals surface area contributed by atoms with Crippen molar-refractivity contribution < 1.29 is 9.18 Å². The fourth-order valence-electron chi connectivity index (χ4n) is 3.93. The molecule has 158 valence electrons. The molecule has 0 bridgehead atoms. The predicted molar refractivity (Wildman–Crippen MR) is 121 cm³/mol. The van der Waals surface area contributed by atoms with E-state index in [1.165, 1.54) is 37.1 Å². The van der Waals surface area contributed by atoms with Crippen molar-refractivity contribution in [1.82, 2.24) is 4.98 Å². The van der Waals surface area contributed by atoms with Crippen LogP contribution in [0.2, 0.25) is 0 Å². The molecule has 0 spiro atoms. The van der Waals surface area contributed by atoms with Crippen LogP contribution in [-0.4, -0.2) is 34.9 Å². The highest BCUT2D eigenvalue weighted by Gasteiger charge is 2.32. The number of benzene rings is 1. The summed E-state index contributed by atoms with van der Waals surface area (Å²) in [6.45, 7) is 3.87. The van der Waals surface area contributed by atoms with E-state index in [0.717, 1.165) is 24.7 Å². The number of hydrogen-bond acceptors (Lipinski definition) is 6. The van der Waals surface area contributed by atoms with E-state index in [1.807, 2.05) is 13.0 Å². The molecular weight excluding hydrogens is 401 g/mol. The van der Waals surface area contributed by atoms with Gasteiger partial charge in [0.1, 0.15) is 11.6 Å². The zero-order valence-corrected chi connectivity index (χ0v) is 17.8. The van der Waals surface area contributed by atoms with Crippen molar-refractivity contribution in [2.45, 2.75) is 38.1 Å². The van der Waals surface area contributed by atoms with Gasteiger partial charge in [-0.3, -0.25) is 9.79 Å². The van der Waals surface area contributed by atoms with Crippen LogP contribution >= 0.6 is 11.8 Å². The largest absolute Gasteiger partial charge is 0.379 e. The first-order valence-corrected chi connectivity index (χ1v) is 11.2. The zero-order valence-electron chi connectivity index (χ0n) is 17.0. The summed E-state index contributed by atoms with van der Waals surface area (Å²) < 4.78 is 14.6. The highest BCUT2D eigenvalue weighted by Crippen LogP contribution is 2.37. The molecule has 0 aliphatic carbocycles. The Morgan fingerprint density at radius 3 is 2.73 bits per heavy atom. The number of aliphatic imine (C=N–C) groups is 1. The first-order chi connectivity index (χ1) is 14.4. The lowest BCUT2D eigenvalue weighted by molar-refractivity contribution is 0.102. The molecule has 4 rings (SSSR count). The fraction of sp³-hybridized carbons (Fsp3) is 0.409. The summed E-state index contributed by atoms with van der Waals surface area (Å²) in [4.78, 5) is 23.9. The summed E-state index contributed by atoms with van der Waals surface area (Å²) in [5, 5.41) is 3.30. The minimum absolute atomic E-state index is 0.280. The highest BCUT2D eigenvalue weighted by molar-refractivity contribution is 8.13. The number of carbonyl (C=O) groups is 1. The number of piperidine rings is 1. The topological polar surface area (TPSA) is 83.6 Å². The van der Waals surface area contributed by atoms with Gasteiger partial charge in [-0.15, -0.1) is 0 Å². The number of hydrogen-bond donors (Lipinski definition) is 2. The van der Waals surface area contributed by atoms with Gasteiger partial charge in [0.15, 0.2) is 5.17 Å². The van der Waals surface area contributed by atoms with E-state index in [0.29, 0.717) is 28.4 Å². The SMILES string of the molecule is CC1(c2cc(NC(=O)c3ccc(N4CCCCC4)nc3)ccc2F)CCSC(N)=N1. The first kappa shape index (κ1) is 20.7. The van der Waals surface area contributed by atoms with Crippen LogP contribution in [0.15, 0.2) is 41.5 Å². The number of thioether (sulfide) groups is 1. The third kappa shape index (κ3) is 4.43. The average molecular weight is 428 g/mol. The molecule has 1 unspecified atom stereocenters. The van der Waals surface area contributed by atoms with Crippen LogP contribution in [0.4, 0.5) is 15.9 Å². The minimum Gasteiger partial charge on any atom is -0.379 e. The maximum absolute atomic E-state index is 14.6. The second-order valence-corrected chi connectivity index (χ2v) is 9.04. The zero-order chi connectivity index (χ0) is 21.1. The third-order valence-corrected chi connectivity index (χ3v) is 6.49. The molecule has 1 fully saturated rings. The number of nitrogens with zero attached hydrogens (tertiary/aromatic N) is 3. The number of amides is 1. The Morgan fingerprint density at radius 2 is 2.03 bits per heavy atom. The van der Waals surface area contributed by atoms with Gasteiger partial charge < -0.3 is 16.0 Å². The van der Waals surface area contributed by atoms with Crippen LogP contribution in [0.25, 0.3) is 0 Å². The van der Waals surface area contributed by atoms with Crippen molar-refractivity contribution in [2.24, 2.45) is 10.7 Å². The van der Waals surface area contributed by atoms with Crippen molar-refractivity contribution in [3.8, 4) is 0 Å². The maximum Gasteiger partial charge on any atom is 0.257 e. The summed E-state index contributed by atoms with van der Waals surface area (Å²) >= 11 is 1.47. The van der Waals surface area contributed by atoms with Gasteiger partial charge in [0.05, 0.1) is 11.1 Å². The molecule has 30 heavy (non-hydrogen) atoms. The van der Waals surface area contributed by atoms with Gasteiger partial charge in [0, 0.05) is 36.3 Å². The van der Waals surface area contributed by atoms with E-state index in [4.69, 9.17) is 5.73 Å². The second-order valence-electron chi connectivity index (χ2n) is 7.92. The minimum atomic E-state index is -0.738. The van der Waals surface area contributed by atoms with E-state index >= 15 is 0 Å². The van der Waals surface area contributed by atoms with Crippen molar-refractivity contribution in [2.75, 3.05) is 29.1 Å². The van der Waals surface area contributed by atoms with Crippen molar-refractivity contribution in [1.29, 1.82) is 0 Å². The number of amidine groups is 1. The van der Waals surface area contributed by atoms with Crippen LogP contribution in [-0.2, 0) is 5.54 Å². The summed E-state index contributed by atoms with van der Waals surface area (Å²) in [6.07, 6.45) is 5.86. The van der Waals surface area contributed by atoms with Gasteiger partial charge in [-0.2, -0.15) is 0 Å². The molecule has 2 aliphatic heterocycles. The van der Waals surface area contributed by atoms with Crippen molar-refractivity contribution in [3.63, 3.8) is 0 Å². The lowest BCUT2D eigenvalue weighted by atomic mass is 9.89. The standard InChI is InChI=1S/C22H26FN5OS/c1-22(9-12-30-21(24)27-22)17-13-16(6-7-18(17)23)26-20(29)15-5-8-19(25-14-15)28-10-3-2-4-11-28/h5-8,13-14H,2-4,9-12H2,1H3,(H2,24,27)(H,26,29). The molecule has 1 aromatic carbocycles. The Bertz CT molecular complexity index is 959. The Balaban J connectivity index is 1.50. The molecule has 2 aliphatic rings. The number of halogens is 1. The normalized spacial score (nSPS) is 21.8. The van der Waals surface area contributed by atoms with Crippen molar-refractivity contribution in [3.05, 3.63) is 53.5 Å². The fourth-order valence-corrected chi connectivity index (χ4v) is 4.90. The van der Waals surface area contributed by atoms with Crippen LogP contribution in [0.5, 0.6) is 0 Å². The molecule has 6 nitrogen and oxygen atoms in total. The molecule has 1 amide bonds. The first-order valence-electron chi connectivity index (χ1n) is 10.3. The molecule has 1 saturated heterocycles. The number of anilines is 2. The van der Waals surface area contributed by atoms with Crippen LogP contribution < -0.4 is 16.0 Å². The van der Waals surface area contributed by atoms with Crippen LogP contribution in [0.3, 0.4) is 0 Å². The average Bonchev–Trinajstić information content (AvgIpc) is 2.75. The van der Waals surface area contributed by atoms with Gasteiger partial charge in [-0.25, -0.2) is 9.37 Å². The Hall–Kier alpha value is -2.61. The number of pyridine rings is 1. The summed E-state index contributed by atoms with van der Waals surface area (Å²) in [5.41, 5.74) is 6.54. The van der Waals surface area contributed by atoms with E-state index < -0.39 is 5.54 Å². The van der Waals surface area contributed by atoms with Gasteiger partial charge in [-0.1, -0.05) is 11.8 Å². The molecule has 1 atom stereocenters. The molecule has 2 aromatic rings. The molecule has 3 heterocycles. The number of nitrogens with one attached hydrogen (secondary N) is 1. The third-order valence-electron chi connectivity index (χ3n) is 5.69. The Labute approximate surface area is 180 Å². The number of carbonyl (C=O) groups excluding carboxylic acids is 1. The molecule has 3 N–H and O–H groups in total. The Morgan fingerprint density at radius 1 is 1.23 bits per heavy atom. The molecular formula is C22H26FN5OS. The molecule has 0 saturated carbocycles. The Kier molecular flexibility index (Phi) is 5.94. The maximum atomic E-state index is 14.6. The highest BCUT2D eigenvalue weighted by atomic mass is 32.2. The summed E-state index contributed by atoms with van der Waals surface area (Å²) in [5.74, 6) is 1.04. The van der Waals surface area contributed by atoms with Gasteiger partial charge >= 0.3 is 0 Å². The second kappa shape index (κ2) is 8.63. The predicted octanol–water partition coefficient (Wildman–Crippen LogP) is 4.13. The number of nitrogens with two attached hydrogens (primary N) is 1. The number of aromatic nitrogens is 1. The van der Waals surface area contributed by atoms with Gasteiger partial charge in [0.25, 0.3) is 5.91 Å². The van der Waals surface area contributed by atoms with E-state index in [1.54, 1.807) is 24.4 Å². The lowest BCUT2D eigenvalue weighted by Gasteiger charge is -2.30. The molecule has 1 aromatic heterocycles. The smallest absolute Gasteiger partial charge is 0.257 e. The summed E-state index contributed by atoms with van der Waals surface area (Å²) in [6, 6.07) is 8.23. The summed E-state index contributed by atoms with van der Waals surface area (Å²) in [7, 11) is 0. The van der Waals surface area contributed by atoms with Crippen LogP contribution in [0.1, 0.15) is 48.5 Å². The molecule has 8 heteroatoms. The lowest BCUT2D eigenvalue weighted by Crippen LogP contribution is -2.30.